The number of aromatic carboxylic acids is 1. The second-order valence-corrected chi connectivity index (χ2v) is 5.72. The highest BCUT2D eigenvalue weighted by molar-refractivity contribution is 5.87. The number of imidazole rings is 1. The molecule has 2 atom stereocenters. The first-order valence-electron chi connectivity index (χ1n) is 6.83. The van der Waals surface area contributed by atoms with Gasteiger partial charge in [0.05, 0.1) is 5.69 Å². The number of likely N-dealkylation sites (N-methyl/N-ethyl adjacent to an activating group) is 1. The molecular weight excluding hydrogens is 244 g/mol. The van der Waals surface area contributed by atoms with Crippen molar-refractivity contribution in [3.63, 3.8) is 0 Å². The van der Waals surface area contributed by atoms with Crippen molar-refractivity contribution in [2.24, 2.45) is 5.73 Å². The van der Waals surface area contributed by atoms with Crippen LogP contribution in [0.3, 0.4) is 0 Å². The lowest BCUT2D eigenvalue weighted by molar-refractivity contribution is 0.0689. The third kappa shape index (κ3) is 2.15. The first-order chi connectivity index (χ1) is 9.06. The summed E-state index contributed by atoms with van der Waals surface area (Å²) in [7, 11) is 2.09. The highest BCUT2D eigenvalue weighted by Gasteiger charge is 2.32. The summed E-state index contributed by atoms with van der Waals surface area (Å²) in [6.07, 6.45) is 2.58. The van der Waals surface area contributed by atoms with Gasteiger partial charge < -0.3 is 20.3 Å². The number of nitrogens with zero attached hydrogens (tertiary/aromatic N) is 3. The number of carboxylic acids is 1. The first-order valence-corrected chi connectivity index (χ1v) is 6.83. The van der Waals surface area contributed by atoms with Gasteiger partial charge in [-0.1, -0.05) is 0 Å². The molecule has 2 aliphatic heterocycles. The summed E-state index contributed by atoms with van der Waals surface area (Å²) in [5.74, 6) is 0.366. The molecule has 3 rings (SSSR count). The summed E-state index contributed by atoms with van der Waals surface area (Å²) in [6.45, 7) is 2.81. The van der Waals surface area contributed by atoms with Gasteiger partial charge in [0.2, 0.25) is 0 Å². The maximum atomic E-state index is 11.3. The topological polar surface area (TPSA) is 84.4 Å². The molecule has 0 amide bonds. The molecule has 0 saturated carbocycles. The van der Waals surface area contributed by atoms with Crippen LogP contribution in [-0.4, -0.2) is 51.7 Å². The highest BCUT2D eigenvalue weighted by atomic mass is 16.4. The van der Waals surface area contributed by atoms with Crippen LogP contribution in [0, 0.1) is 0 Å². The van der Waals surface area contributed by atoms with Crippen LogP contribution in [0.5, 0.6) is 0 Å². The molecule has 3 heterocycles. The molecule has 1 saturated heterocycles. The average molecular weight is 264 g/mol. The van der Waals surface area contributed by atoms with Crippen molar-refractivity contribution in [2.75, 3.05) is 20.1 Å². The molecular formula is C13H20N4O2. The van der Waals surface area contributed by atoms with E-state index >= 15 is 0 Å². The van der Waals surface area contributed by atoms with E-state index in [4.69, 9.17) is 5.73 Å². The lowest BCUT2D eigenvalue weighted by Gasteiger charge is -2.23. The molecule has 0 aliphatic carbocycles. The van der Waals surface area contributed by atoms with Crippen molar-refractivity contribution >= 4 is 5.97 Å². The number of fused-ring (bicyclic) bond motifs is 1. The molecule has 104 valence electrons. The smallest absolute Gasteiger partial charge is 0.356 e. The molecule has 0 spiro atoms. The van der Waals surface area contributed by atoms with Gasteiger partial charge in [0.15, 0.2) is 5.69 Å². The molecule has 1 aromatic rings. The Balaban J connectivity index is 2.01. The van der Waals surface area contributed by atoms with E-state index in [0.717, 1.165) is 44.0 Å². The molecule has 6 heteroatoms. The van der Waals surface area contributed by atoms with Crippen LogP contribution in [0.15, 0.2) is 0 Å². The minimum atomic E-state index is -0.935. The summed E-state index contributed by atoms with van der Waals surface area (Å²) in [5, 5.41) is 9.31. The minimum Gasteiger partial charge on any atom is -0.476 e. The predicted molar refractivity (Wildman–Crippen MR) is 70.3 cm³/mol. The lowest BCUT2D eigenvalue weighted by atomic mass is 10.0. The number of nitrogens with two attached hydrogens (primary N) is 1. The molecule has 0 aromatic carbocycles. The van der Waals surface area contributed by atoms with Crippen molar-refractivity contribution in [3.8, 4) is 0 Å². The highest BCUT2D eigenvalue weighted by Crippen LogP contribution is 2.30. The average Bonchev–Trinajstić information content (AvgIpc) is 2.92. The van der Waals surface area contributed by atoms with Crippen LogP contribution in [0.4, 0.5) is 0 Å². The summed E-state index contributed by atoms with van der Waals surface area (Å²) in [5.41, 5.74) is 6.98. The zero-order chi connectivity index (χ0) is 13.6. The number of carboxylic acid groups (broad SMARTS) is 1. The van der Waals surface area contributed by atoms with Crippen LogP contribution in [0.25, 0.3) is 0 Å². The van der Waals surface area contributed by atoms with Gasteiger partial charge in [-0.3, -0.25) is 0 Å². The normalized spacial score (nSPS) is 27.5. The van der Waals surface area contributed by atoms with E-state index in [9.17, 15) is 9.90 Å². The lowest BCUT2D eigenvalue weighted by Crippen LogP contribution is -2.32. The summed E-state index contributed by atoms with van der Waals surface area (Å²) >= 11 is 0. The fourth-order valence-electron chi connectivity index (χ4n) is 3.24. The summed E-state index contributed by atoms with van der Waals surface area (Å²) in [6, 6.07) is 0.0569. The SMILES string of the molecule is CN1CCC(c2nc(C(=O)O)c3n2CCC(N)C3)C1. The van der Waals surface area contributed by atoms with Crippen LogP contribution >= 0.6 is 0 Å². The van der Waals surface area contributed by atoms with Gasteiger partial charge in [-0.05, 0) is 26.4 Å². The van der Waals surface area contributed by atoms with E-state index in [-0.39, 0.29) is 11.7 Å². The molecule has 2 unspecified atom stereocenters. The van der Waals surface area contributed by atoms with E-state index in [0.29, 0.717) is 12.3 Å². The zero-order valence-electron chi connectivity index (χ0n) is 11.2. The van der Waals surface area contributed by atoms with Crippen LogP contribution < -0.4 is 5.73 Å². The van der Waals surface area contributed by atoms with Crippen molar-refractivity contribution in [3.05, 3.63) is 17.2 Å². The molecule has 6 nitrogen and oxygen atoms in total. The number of hydrogen-bond acceptors (Lipinski definition) is 4. The third-order valence-corrected chi connectivity index (χ3v) is 4.24. The largest absolute Gasteiger partial charge is 0.476 e. The second kappa shape index (κ2) is 4.61. The van der Waals surface area contributed by atoms with Gasteiger partial charge in [-0.15, -0.1) is 0 Å². The van der Waals surface area contributed by atoms with Gasteiger partial charge in [0.25, 0.3) is 0 Å². The Morgan fingerprint density at radius 2 is 2.21 bits per heavy atom. The van der Waals surface area contributed by atoms with E-state index in [1.165, 1.54) is 0 Å². The maximum absolute atomic E-state index is 11.3. The Morgan fingerprint density at radius 1 is 1.42 bits per heavy atom. The zero-order valence-corrected chi connectivity index (χ0v) is 11.2. The van der Waals surface area contributed by atoms with Gasteiger partial charge in [0, 0.05) is 31.5 Å². The fourth-order valence-corrected chi connectivity index (χ4v) is 3.24. The Morgan fingerprint density at radius 3 is 2.84 bits per heavy atom. The van der Waals surface area contributed by atoms with Crippen LogP contribution in [-0.2, 0) is 13.0 Å². The van der Waals surface area contributed by atoms with Crippen molar-refractivity contribution in [1.82, 2.24) is 14.5 Å². The minimum absolute atomic E-state index is 0.0569. The molecule has 19 heavy (non-hydrogen) atoms. The molecule has 2 aliphatic rings. The Labute approximate surface area is 112 Å². The monoisotopic (exact) mass is 264 g/mol. The molecule has 0 bridgehead atoms. The number of aromatic nitrogens is 2. The van der Waals surface area contributed by atoms with Gasteiger partial charge in [-0.2, -0.15) is 0 Å². The molecule has 0 radical (unpaired) electrons. The predicted octanol–water partition coefficient (Wildman–Crippen LogP) is 0.274. The number of hydrogen-bond donors (Lipinski definition) is 2. The van der Waals surface area contributed by atoms with Crippen LogP contribution in [0.2, 0.25) is 0 Å². The van der Waals surface area contributed by atoms with E-state index in [2.05, 4.69) is 21.5 Å². The molecule has 3 N–H and O–H groups in total. The summed E-state index contributed by atoms with van der Waals surface area (Å²) in [4.78, 5) is 18.0. The van der Waals surface area contributed by atoms with E-state index in [1.807, 2.05) is 0 Å². The van der Waals surface area contributed by atoms with E-state index < -0.39 is 5.97 Å². The van der Waals surface area contributed by atoms with Crippen LogP contribution in [0.1, 0.15) is 40.8 Å². The third-order valence-electron chi connectivity index (χ3n) is 4.24. The molecule has 1 aromatic heterocycles. The first kappa shape index (κ1) is 12.6. The van der Waals surface area contributed by atoms with Crippen molar-refractivity contribution in [2.45, 2.75) is 37.8 Å². The number of carbonyl (C=O) groups is 1. The number of rotatable bonds is 2. The fraction of sp³-hybridized carbons (Fsp3) is 0.692. The van der Waals surface area contributed by atoms with Crippen molar-refractivity contribution < 1.29 is 9.90 Å². The maximum Gasteiger partial charge on any atom is 0.356 e. The van der Waals surface area contributed by atoms with Gasteiger partial charge in [0.1, 0.15) is 5.82 Å². The van der Waals surface area contributed by atoms with Gasteiger partial charge >= 0.3 is 5.97 Å². The van der Waals surface area contributed by atoms with Crippen molar-refractivity contribution in [1.29, 1.82) is 0 Å². The van der Waals surface area contributed by atoms with Gasteiger partial charge in [-0.25, -0.2) is 9.78 Å². The quantitative estimate of drug-likeness (QED) is 0.801. The van der Waals surface area contributed by atoms with E-state index in [1.54, 1.807) is 0 Å². The summed E-state index contributed by atoms with van der Waals surface area (Å²) < 4.78 is 2.11. The molecule has 1 fully saturated rings. The Hall–Kier alpha value is -1.40. The Bertz CT molecular complexity index is 511. The standard InChI is InChI=1S/C13H20N4O2/c1-16-4-2-8(7-16)12-15-11(13(18)19)10-6-9(14)3-5-17(10)12/h8-9H,2-7,14H2,1H3,(H,18,19). The number of likely N-dealkylation sites (tertiary alicyclic amines) is 1. The Kier molecular flexibility index (Phi) is 3.06. The second-order valence-electron chi connectivity index (χ2n) is 5.72.